The van der Waals surface area contributed by atoms with E-state index in [2.05, 4.69) is 97.1 Å². The van der Waals surface area contributed by atoms with Crippen LogP contribution in [-0.2, 0) is 0 Å². The molecule has 1 aliphatic carbocycles. The second-order valence-corrected chi connectivity index (χ2v) is 9.67. The van der Waals surface area contributed by atoms with E-state index in [1.165, 1.54) is 33.0 Å². The van der Waals surface area contributed by atoms with Gasteiger partial charge in [-0.2, -0.15) is 0 Å². The van der Waals surface area contributed by atoms with Crippen LogP contribution in [0.4, 0.5) is 0 Å². The lowest BCUT2D eigenvalue weighted by Gasteiger charge is -2.12. The van der Waals surface area contributed by atoms with Gasteiger partial charge in [-0.3, -0.25) is 0 Å². The van der Waals surface area contributed by atoms with Crippen LogP contribution in [0.5, 0.6) is 0 Å². The lowest BCUT2D eigenvalue weighted by molar-refractivity contribution is 1.08. The van der Waals surface area contributed by atoms with Crippen LogP contribution >= 0.6 is 0 Å². The van der Waals surface area contributed by atoms with Crippen molar-refractivity contribution in [1.29, 1.82) is 0 Å². The van der Waals surface area contributed by atoms with Crippen LogP contribution in [0, 0.1) is 0 Å². The second kappa shape index (κ2) is 8.19. The Balaban J connectivity index is 1.38. The number of hydrogen-bond acceptors (Lipinski definition) is 3. The van der Waals surface area contributed by atoms with E-state index in [0.29, 0.717) is 17.5 Å². The highest BCUT2D eigenvalue weighted by atomic mass is 15.0. The van der Waals surface area contributed by atoms with Gasteiger partial charge in [-0.05, 0) is 55.9 Å². The van der Waals surface area contributed by atoms with E-state index < -0.39 is 0 Å². The Morgan fingerprint density at radius 2 is 0.947 bits per heavy atom. The lowest BCUT2D eigenvalue weighted by Crippen LogP contribution is -2.00. The molecule has 3 nitrogen and oxygen atoms in total. The zero-order valence-electron chi connectivity index (χ0n) is 20.5. The normalized spacial score (nSPS) is 11.7. The minimum atomic E-state index is 0.672. The van der Waals surface area contributed by atoms with Crippen molar-refractivity contribution in [3.8, 4) is 56.4 Å². The van der Waals surface area contributed by atoms with Gasteiger partial charge in [-0.1, -0.05) is 115 Å². The number of fused-ring (bicyclic) bond motifs is 4. The Labute approximate surface area is 220 Å². The molecule has 0 aliphatic heterocycles. The van der Waals surface area contributed by atoms with E-state index >= 15 is 0 Å². The molecule has 6 aromatic carbocycles. The summed E-state index contributed by atoms with van der Waals surface area (Å²) in [6, 6.07) is 44.5. The van der Waals surface area contributed by atoms with Crippen molar-refractivity contribution in [2.24, 2.45) is 0 Å². The third kappa shape index (κ3) is 3.19. The van der Waals surface area contributed by atoms with Gasteiger partial charge in [0, 0.05) is 16.7 Å². The number of nitrogens with zero attached hydrogens (tertiary/aromatic N) is 3. The van der Waals surface area contributed by atoms with Crippen molar-refractivity contribution in [2.75, 3.05) is 0 Å². The van der Waals surface area contributed by atoms with E-state index in [1.54, 1.807) is 0 Å². The maximum atomic E-state index is 5.06. The fourth-order valence-electron chi connectivity index (χ4n) is 5.67. The Hall–Kier alpha value is -5.15. The van der Waals surface area contributed by atoms with Gasteiger partial charge in [0.2, 0.25) is 0 Å². The number of rotatable bonds is 3. The molecular weight excluding hydrogens is 462 g/mol. The topological polar surface area (TPSA) is 38.7 Å². The first-order chi connectivity index (χ1) is 18.8. The SMILES string of the molecule is c1ccc(-c2nc(-c3ccc4ccccc4c3)nc(-c3ccc4c5c(cccc35)-c3ccccc3-4)n2)cc1. The third-order valence-electron chi connectivity index (χ3n) is 7.46. The van der Waals surface area contributed by atoms with Gasteiger partial charge >= 0.3 is 0 Å². The van der Waals surface area contributed by atoms with Crippen molar-refractivity contribution in [2.45, 2.75) is 0 Å². The van der Waals surface area contributed by atoms with Gasteiger partial charge in [0.25, 0.3) is 0 Å². The van der Waals surface area contributed by atoms with Crippen LogP contribution in [-0.4, -0.2) is 15.0 Å². The summed E-state index contributed by atoms with van der Waals surface area (Å²) >= 11 is 0. The van der Waals surface area contributed by atoms with E-state index in [1.807, 2.05) is 30.3 Å². The van der Waals surface area contributed by atoms with Crippen molar-refractivity contribution in [3.05, 3.63) is 127 Å². The molecule has 0 saturated carbocycles. The first-order valence-corrected chi connectivity index (χ1v) is 12.8. The predicted molar refractivity (Wildman–Crippen MR) is 156 cm³/mol. The van der Waals surface area contributed by atoms with E-state index in [9.17, 15) is 0 Å². The molecule has 3 heteroatoms. The number of benzene rings is 6. The Morgan fingerprint density at radius 1 is 0.342 bits per heavy atom. The van der Waals surface area contributed by atoms with Crippen LogP contribution in [0.1, 0.15) is 0 Å². The molecule has 176 valence electrons. The molecule has 0 saturated heterocycles. The molecule has 1 aliphatic rings. The minimum absolute atomic E-state index is 0.672. The van der Waals surface area contributed by atoms with Crippen LogP contribution in [0.3, 0.4) is 0 Å². The molecule has 0 atom stereocenters. The standard InChI is InChI=1S/C35H21N3/c1-2-10-23(11-3-1)33-36-34(25-18-17-22-9-4-5-12-24(22)21-25)38-35(37-33)31-20-19-30-27-14-7-6-13-26(27)28-15-8-16-29(31)32(28)30/h1-21H. The molecule has 0 unspecified atom stereocenters. The van der Waals surface area contributed by atoms with Crippen LogP contribution in [0.2, 0.25) is 0 Å². The smallest absolute Gasteiger partial charge is 0.164 e. The second-order valence-electron chi connectivity index (χ2n) is 9.67. The fourth-order valence-corrected chi connectivity index (χ4v) is 5.67. The maximum absolute atomic E-state index is 5.06. The van der Waals surface area contributed by atoms with Gasteiger partial charge in [-0.15, -0.1) is 0 Å². The van der Waals surface area contributed by atoms with Crippen LogP contribution in [0.25, 0.3) is 78.0 Å². The van der Waals surface area contributed by atoms with Gasteiger partial charge < -0.3 is 0 Å². The monoisotopic (exact) mass is 483 g/mol. The average molecular weight is 484 g/mol. The van der Waals surface area contributed by atoms with Crippen LogP contribution in [0.15, 0.2) is 127 Å². The van der Waals surface area contributed by atoms with Crippen molar-refractivity contribution in [3.63, 3.8) is 0 Å². The van der Waals surface area contributed by atoms with Gasteiger partial charge in [0.1, 0.15) is 0 Å². The molecule has 1 heterocycles. The van der Waals surface area contributed by atoms with Gasteiger partial charge in [0.15, 0.2) is 17.5 Å². The van der Waals surface area contributed by atoms with E-state index in [-0.39, 0.29) is 0 Å². The van der Waals surface area contributed by atoms with Crippen molar-refractivity contribution >= 4 is 21.5 Å². The quantitative estimate of drug-likeness (QED) is 0.252. The Morgan fingerprint density at radius 3 is 1.76 bits per heavy atom. The maximum Gasteiger partial charge on any atom is 0.164 e. The molecular formula is C35H21N3. The highest BCUT2D eigenvalue weighted by molar-refractivity contribution is 6.18. The third-order valence-corrected chi connectivity index (χ3v) is 7.46. The molecule has 0 N–H and O–H groups in total. The molecule has 7 aromatic rings. The van der Waals surface area contributed by atoms with Crippen LogP contribution < -0.4 is 0 Å². The number of hydrogen-bond donors (Lipinski definition) is 0. The van der Waals surface area contributed by atoms with E-state index in [0.717, 1.165) is 27.5 Å². The minimum Gasteiger partial charge on any atom is -0.208 e. The zero-order valence-corrected chi connectivity index (χ0v) is 20.5. The molecule has 1 aromatic heterocycles. The molecule has 0 fully saturated rings. The molecule has 0 spiro atoms. The summed E-state index contributed by atoms with van der Waals surface area (Å²) in [4.78, 5) is 15.0. The van der Waals surface area contributed by atoms with Gasteiger partial charge in [0.05, 0.1) is 0 Å². The largest absolute Gasteiger partial charge is 0.208 e. The molecule has 8 rings (SSSR count). The van der Waals surface area contributed by atoms with Crippen molar-refractivity contribution in [1.82, 2.24) is 15.0 Å². The highest BCUT2D eigenvalue weighted by Gasteiger charge is 2.23. The Kier molecular flexibility index (Phi) is 4.52. The average Bonchev–Trinajstić information content (AvgIpc) is 3.32. The zero-order chi connectivity index (χ0) is 25.1. The lowest BCUT2D eigenvalue weighted by atomic mass is 9.98. The summed E-state index contributed by atoms with van der Waals surface area (Å²) in [6.45, 7) is 0. The number of aromatic nitrogens is 3. The summed E-state index contributed by atoms with van der Waals surface area (Å²) in [5.41, 5.74) is 8.05. The summed E-state index contributed by atoms with van der Waals surface area (Å²) in [6.07, 6.45) is 0. The van der Waals surface area contributed by atoms with Gasteiger partial charge in [-0.25, -0.2) is 15.0 Å². The molecule has 0 radical (unpaired) electrons. The molecule has 38 heavy (non-hydrogen) atoms. The summed E-state index contributed by atoms with van der Waals surface area (Å²) < 4.78 is 0. The van der Waals surface area contributed by atoms with Crippen molar-refractivity contribution < 1.29 is 0 Å². The first kappa shape index (κ1) is 21.0. The summed E-state index contributed by atoms with van der Waals surface area (Å²) in [5.74, 6) is 2.03. The first-order valence-electron chi connectivity index (χ1n) is 12.8. The summed E-state index contributed by atoms with van der Waals surface area (Å²) in [5, 5.41) is 4.78. The molecule has 0 amide bonds. The Bertz CT molecular complexity index is 2000. The summed E-state index contributed by atoms with van der Waals surface area (Å²) in [7, 11) is 0. The highest BCUT2D eigenvalue weighted by Crippen LogP contribution is 2.48. The predicted octanol–water partition coefficient (Wildman–Crippen LogP) is 8.83. The molecule has 0 bridgehead atoms. The van der Waals surface area contributed by atoms with E-state index in [4.69, 9.17) is 15.0 Å². The fraction of sp³-hybridized carbons (Fsp3) is 0.